The van der Waals surface area contributed by atoms with Crippen molar-refractivity contribution >= 4 is 10.0 Å². The number of benzene rings is 1. The quantitative estimate of drug-likeness (QED) is 0.833. The van der Waals surface area contributed by atoms with Crippen LogP contribution in [0.5, 0.6) is 0 Å². The molecule has 0 unspecified atom stereocenters. The molecule has 6 heteroatoms. The van der Waals surface area contributed by atoms with Gasteiger partial charge in [-0.15, -0.1) is 0 Å². The van der Waals surface area contributed by atoms with Crippen LogP contribution in [0.25, 0.3) is 0 Å². The Morgan fingerprint density at radius 2 is 2.00 bits per heavy atom. The number of rotatable bonds is 6. The summed E-state index contributed by atoms with van der Waals surface area (Å²) in [5.74, 6) is 0. The Balaban J connectivity index is 2.06. The van der Waals surface area contributed by atoms with E-state index in [0.717, 1.165) is 12.0 Å². The van der Waals surface area contributed by atoms with Crippen molar-refractivity contribution in [2.24, 2.45) is 0 Å². The van der Waals surface area contributed by atoms with Crippen molar-refractivity contribution in [2.45, 2.75) is 55.6 Å². The Hall–Kier alpha value is -0.950. The lowest BCUT2D eigenvalue weighted by Gasteiger charge is -2.35. The maximum absolute atomic E-state index is 11.9. The molecule has 5 nitrogen and oxygen atoms in total. The van der Waals surface area contributed by atoms with Gasteiger partial charge in [0.15, 0.2) is 0 Å². The van der Waals surface area contributed by atoms with Gasteiger partial charge >= 0.3 is 0 Å². The maximum Gasteiger partial charge on any atom is 0.240 e. The smallest absolute Gasteiger partial charge is 0.240 e. The second kappa shape index (κ2) is 7.75. The highest BCUT2D eigenvalue weighted by atomic mass is 32.2. The molecule has 3 atom stereocenters. The van der Waals surface area contributed by atoms with Crippen LogP contribution >= 0.6 is 0 Å². The molecule has 1 aliphatic carbocycles. The highest BCUT2D eigenvalue weighted by Gasteiger charge is 2.24. The van der Waals surface area contributed by atoms with Crippen LogP contribution in [0.3, 0.4) is 0 Å². The molecule has 0 radical (unpaired) electrons. The number of hydrogen-bond donors (Lipinski definition) is 2. The van der Waals surface area contributed by atoms with Gasteiger partial charge in [-0.1, -0.05) is 18.6 Å². The summed E-state index contributed by atoms with van der Waals surface area (Å²) in [6.07, 6.45) is 4.83. The molecule has 1 aromatic rings. The molecule has 0 saturated heterocycles. The van der Waals surface area contributed by atoms with Crippen LogP contribution in [0.2, 0.25) is 0 Å². The van der Waals surface area contributed by atoms with E-state index in [1.54, 1.807) is 18.2 Å². The monoisotopic (exact) mass is 339 g/mol. The highest BCUT2D eigenvalue weighted by molar-refractivity contribution is 7.89. The summed E-state index contributed by atoms with van der Waals surface area (Å²) in [5, 5.41) is 3.67. The molecule has 1 fully saturated rings. The Kier molecular flexibility index (Phi) is 6.19. The zero-order chi connectivity index (χ0) is 17.0. The maximum atomic E-state index is 11.9. The minimum Gasteiger partial charge on any atom is -0.307 e. The van der Waals surface area contributed by atoms with Crippen LogP contribution in [-0.4, -0.2) is 46.5 Å². The summed E-state index contributed by atoms with van der Waals surface area (Å²) in [6.45, 7) is 2.10. The van der Waals surface area contributed by atoms with Crippen LogP contribution < -0.4 is 10.0 Å². The summed E-state index contributed by atoms with van der Waals surface area (Å²) >= 11 is 0. The van der Waals surface area contributed by atoms with Crippen molar-refractivity contribution in [2.75, 3.05) is 21.1 Å². The van der Waals surface area contributed by atoms with Crippen molar-refractivity contribution in [1.29, 1.82) is 0 Å². The van der Waals surface area contributed by atoms with Crippen molar-refractivity contribution in [1.82, 2.24) is 14.9 Å². The third-order valence-electron chi connectivity index (χ3n) is 4.80. The van der Waals surface area contributed by atoms with Crippen molar-refractivity contribution in [3.63, 3.8) is 0 Å². The number of nitrogens with zero attached hydrogens (tertiary/aromatic N) is 1. The molecule has 0 spiro atoms. The molecule has 1 saturated carbocycles. The van der Waals surface area contributed by atoms with E-state index < -0.39 is 10.0 Å². The topological polar surface area (TPSA) is 61.4 Å². The normalized spacial score (nSPS) is 23.9. The predicted octanol–water partition coefficient (Wildman–Crippen LogP) is 2.12. The van der Waals surface area contributed by atoms with E-state index in [4.69, 9.17) is 0 Å². The van der Waals surface area contributed by atoms with Crippen molar-refractivity contribution in [3.8, 4) is 0 Å². The number of hydrogen-bond acceptors (Lipinski definition) is 4. The first-order chi connectivity index (χ1) is 10.8. The first-order valence-electron chi connectivity index (χ1n) is 8.29. The first kappa shape index (κ1) is 18.4. The van der Waals surface area contributed by atoms with E-state index in [1.807, 2.05) is 6.07 Å². The van der Waals surface area contributed by atoms with E-state index in [1.165, 1.54) is 26.3 Å². The molecule has 1 aliphatic rings. The molecule has 130 valence electrons. The fourth-order valence-corrected chi connectivity index (χ4v) is 4.09. The second-order valence-electron chi connectivity index (χ2n) is 6.65. The van der Waals surface area contributed by atoms with Gasteiger partial charge in [0.25, 0.3) is 0 Å². The third kappa shape index (κ3) is 4.76. The third-order valence-corrected chi connectivity index (χ3v) is 6.21. The average Bonchev–Trinajstić information content (AvgIpc) is 2.55. The van der Waals surface area contributed by atoms with Crippen LogP contribution in [0, 0.1) is 0 Å². The standard InChI is InChI=1S/C17H29N3O2S/c1-13(19-15-8-6-9-16(12-15)20(3)4)14-7-5-10-17(11-14)23(21,22)18-2/h5,7,10-11,13,15-16,18-19H,6,8-9,12H2,1-4H3/t13-,15-,16+/m0/s1. The molecule has 23 heavy (non-hydrogen) atoms. The SMILES string of the molecule is CNS(=O)(=O)c1cccc([C@H](C)N[C@H]2CCC[C@@H](N(C)C)C2)c1. The van der Waals surface area contributed by atoms with Crippen LogP contribution in [0.1, 0.15) is 44.2 Å². The number of nitrogens with one attached hydrogen (secondary N) is 2. The zero-order valence-corrected chi connectivity index (χ0v) is 15.4. The summed E-state index contributed by atoms with van der Waals surface area (Å²) < 4.78 is 26.3. The van der Waals surface area contributed by atoms with Crippen LogP contribution in [0.4, 0.5) is 0 Å². The Morgan fingerprint density at radius 3 is 2.65 bits per heavy atom. The highest BCUT2D eigenvalue weighted by Crippen LogP contribution is 2.25. The average molecular weight is 340 g/mol. The molecule has 2 N–H and O–H groups in total. The van der Waals surface area contributed by atoms with Gasteiger partial charge in [0.05, 0.1) is 4.90 Å². The van der Waals surface area contributed by atoms with E-state index in [0.29, 0.717) is 17.0 Å². The van der Waals surface area contributed by atoms with Crippen molar-refractivity contribution in [3.05, 3.63) is 29.8 Å². The summed E-state index contributed by atoms with van der Waals surface area (Å²) in [7, 11) is 2.33. The Bertz CT molecular complexity index is 616. The van der Waals surface area contributed by atoms with E-state index >= 15 is 0 Å². The summed E-state index contributed by atoms with van der Waals surface area (Å²) in [5.41, 5.74) is 1.01. The second-order valence-corrected chi connectivity index (χ2v) is 8.54. The lowest BCUT2D eigenvalue weighted by atomic mass is 9.89. The van der Waals surface area contributed by atoms with Crippen molar-refractivity contribution < 1.29 is 8.42 Å². The molecule has 0 aromatic heterocycles. The van der Waals surface area contributed by atoms with Crippen LogP contribution in [0.15, 0.2) is 29.2 Å². The predicted molar refractivity (Wildman–Crippen MR) is 94.0 cm³/mol. The summed E-state index contributed by atoms with van der Waals surface area (Å²) in [4.78, 5) is 2.62. The largest absolute Gasteiger partial charge is 0.307 e. The molecular formula is C17H29N3O2S. The Labute approximate surface area is 140 Å². The van der Waals surface area contributed by atoms with E-state index in [2.05, 4.69) is 36.0 Å². The Morgan fingerprint density at radius 1 is 1.26 bits per heavy atom. The molecular weight excluding hydrogens is 310 g/mol. The van der Waals surface area contributed by atoms with Gasteiger partial charge in [-0.25, -0.2) is 13.1 Å². The van der Waals surface area contributed by atoms with Gasteiger partial charge in [0, 0.05) is 18.1 Å². The lowest BCUT2D eigenvalue weighted by Crippen LogP contribution is -2.42. The molecule has 0 bridgehead atoms. The molecule has 0 amide bonds. The van der Waals surface area contributed by atoms with E-state index in [-0.39, 0.29) is 6.04 Å². The lowest BCUT2D eigenvalue weighted by molar-refractivity contribution is 0.193. The van der Waals surface area contributed by atoms with Gasteiger partial charge in [-0.3, -0.25) is 0 Å². The van der Waals surface area contributed by atoms with Crippen LogP contribution in [-0.2, 0) is 10.0 Å². The minimum atomic E-state index is -3.39. The fourth-order valence-electron chi connectivity index (χ4n) is 3.30. The molecule has 0 heterocycles. The van der Waals surface area contributed by atoms with E-state index in [9.17, 15) is 8.42 Å². The molecule has 2 rings (SSSR count). The first-order valence-corrected chi connectivity index (χ1v) is 9.78. The van der Waals surface area contributed by atoms with Gasteiger partial charge in [-0.05, 0) is 65.0 Å². The fraction of sp³-hybridized carbons (Fsp3) is 0.647. The number of sulfonamides is 1. The molecule has 1 aromatic carbocycles. The minimum absolute atomic E-state index is 0.132. The van der Waals surface area contributed by atoms with Gasteiger partial charge < -0.3 is 10.2 Å². The van der Waals surface area contributed by atoms with Gasteiger partial charge in [0.2, 0.25) is 10.0 Å². The molecule has 0 aliphatic heterocycles. The van der Waals surface area contributed by atoms with Gasteiger partial charge in [0.1, 0.15) is 0 Å². The summed E-state index contributed by atoms with van der Waals surface area (Å²) in [6, 6.07) is 8.42. The zero-order valence-electron chi connectivity index (χ0n) is 14.5. The van der Waals surface area contributed by atoms with Gasteiger partial charge in [-0.2, -0.15) is 0 Å².